The van der Waals surface area contributed by atoms with E-state index in [-0.39, 0.29) is 5.41 Å². The molecule has 2 rings (SSSR count). The van der Waals surface area contributed by atoms with E-state index in [2.05, 4.69) is 62.4 Å². The molecule has 1 heteroatoms. The normalized spacial score (nSPS) is 11.4. The minimum Gasteiger partial charge on any atom is -0.198 e. The third-order valence-electron chi connectivity index (χ3n) is 4.00. The summed E-state index contributed by atoms with van der Waals surface area (Å²) >= 11 is 0. The molecule has 1 nitrogen and oxygen atoms in total. The standard InChI is InChI=1S/C17H19N/c1-3-17(4-2,13-18)12-15-10-7-9-14-8-5-6-11-16(14)15/h5-11H,3-4,12H2,1-2H3. The molecule has 0 bridgehead atoms. The highest BCUT2D eigenvalue weighted by Gasteiger charge is 2.26. The summed E-state index contributed by atoms with van der Waals surface area (Å²) in [6, 6.07) is 17.3. The third kappa shape index (κ3) is 2.24. The highest BCUT2D eigenvalue weighted by atomic mass is 14.4. The van der Waals surface area contributed by atoms with Gasteiger partial charge in [0, 0.05) is 0 Å². The Bertz CT molecular complexity index is 568. The van der Waals surface area contributed by atoms with Gasteiger partial charge in [-0.2, -0.15) is 5.26 Å². The molecule has 0 aliphatic heterocycles. The van der Waals surface area contributed by atoms with Gasteiger partial charge in [-0.1, -0.05) is 56.3 Å². The summed E-state index contributed by atoms with van der Waals surface area (Å²) in [5.41, 5.74) is 1.07. The van der Waals surface area contributed by atoms with Crippen LogP contribution >= 0.6 is 0 Å². The molecule has 0 amide bonds. The average Bonchev–Trinajstić information content (AvgIpc) is 2.45. The van der Waals surface area contributed by atoms with E-state index in [1.807, 2.05) is 0 Å². The minimum absolute atomic E-state index is 0.218. The Morgan fingerprint density at radius 1 is 1.00 bits per heavy atom. The molecule has 0 unspecified atom stereocenters. The maximum atomic E-state index is 9.46. The van der Waals surface area contributed by atoms with Crippen molar-refractivity contribution >= 4 is 10.8 Å². The fourth-order valence-electron chi connectivity index (χ4n) is 2.51. The van der Waals surface area contributed by atoms with Gasteiger partial charge in [0.15, 0.2) is 0 Å². The number of benzene rings is 2. The summed E-state index contributed by atoms with van der Waals surface area (Å²) in [4.78, 5) is 0. The fraction of sp³-hybridized carbons (Fsp3) is 0.353. The van der Waals surface area contributed by atoms with Crippen LogP contribution in [0.5, 0.6) is 0 Å². The molecule has 0 aromatic heterocycles. The molecular formula is C17H19N. The number of nitrogens with zero attached hydrogens (tertiary/aromatic N) is 1. The molecular weight excluding hydrogens is 218 g/mol. The van der Waals surface area contributed by atoms with Crippen LogP contribution in [-0.2, 0) is 6.42 Å². The predicted molar refractivity (Wildman–Crippen MR) is 76.3 cm³/mol. The minimum atomic E-state index is -0.218. The molecule has 2 aromatic rings. The van der Waals surface area contributed by atoms with Gasteiger partial charge in [0.25, 0.3) is 0 Å². The zero-order valence-corrected chi connectivity index (χ0v) is 11.1. The molecule has 0 fully saturated rings. The van der Waals surface area contributed by atoms with Crippen LogP contribution in [0.2, 0.25) is 0 Å². The van der Waals surface area contributed by atoms with E-state index >= 15 is 0 Å². The van der Waals surface area contributed by atoms with Gasteiger partial charge in [-0.25, -0.2) is 0 Å². The first-order valence-corrected chi connectivity index (χ1v) is 6.62. The molecule has 18 heavy (non-hydrogen) atoms. The Hall–Kier alpha value is -1.81. The lowest BCUT2D eigenvalue weighted by molar-refractivity contribution is 0.364. The van der Waals surface area contributed by atoms with E-state index in [0.717, 1.165) is 19.3 Å². The van der Waals surface area contributed by atoms with Gasteiger partial charge in [0.2, 0.25) is 0 Å². The molecule has 0 aliphatic rings. The monoisotopic (exact) mass is 237 g/mol. The van der Waals surface area contributed by atoms with E-state index in [9.17, 15) is 5.26 Å². The van der Waals surface area contributed by atoms with Crippen molar-refractivity contribution in [3.8, 4) is 6.07 Å². The Morgan fingerprint density at radius 2 is 1.67 bits per heavy atom. The van der Waals surface area contributed by atoms with Crippen LogP contribution in [0.3, 0.4) is 0 Å². The second-order valence-corrected chi connectivity index (χ2v) is 4.91. The average molecular weight is 237 g/mol. The van der Waals surface area contributed by atoms with Crippen LogP contribution in [0.4, 0.5) is 0 Å². The number of hydrogen-bond donors (Lipinski definition) is 0. The second kappa shape index (κ2) is 5.23. The smallest absolute Gasteiger partial charge is 0.0693 e. The van der Waals surface area contributed by atoms with Gasteiger partial charge in [0.1, 0.15) is 0 Å². The van der Waals surface area contributed by atoms with E-state index in [1.165, 1.54) is 16.3 Å². The SMILES string of the molecule is CCC(C#N)(CC)Cc1cccc2ccccc12. The zero-order valence-electron chi connectivity index (χ0n) is 11.1. The zero-order chi connectivity index (χ0) is 13.0. The third-order valence-corrected chi connectivity index (χ3v) is 4.00. The van der Waals surface area contributed by atoms with Crippen molar-refractivity contribution in [2.75, 3.05) is 0 Å². The van der Waals surface area contributed by atoms with Crippen LogP contribution in [-0.4, -0.2) is 0 Å². The summed E-state index contributed by atoms with van der Waals surface area (Å²) in [7, 11) is 0. The number of nitriles is 1. The number of rotatable bonds is 4. The predicted octanol–water partition coefficient (Wildman–Crippen LogP) is 4.71. The quantitative estimate of drug-likeness (QED) is 0.755. The van der Waals surface area contributed by atoms with Crippen molar-refractivity contribution in [3.63, 3.8) is 0 Å². The first kappa shape index (κ1) is 12.6. The van der Waals surface area contributed by atoms with E-state index < -0.39 is 0 Å². The van der Waals surface area contributed by atoms with Crippen molar-refractivity contribution in [3.05, 3.63) is 48.0 Å². The van der Waals surface area contributed by atoms with Crippen LogP contribution in [0.15, 0.2) is 42.5 Å². The highest BCUT2D eigenvalue weighted by Crippen LogP contribution is 2.32. The molecule has 0 atom stereocenters. The molecule has 2 aromatic carbocycles. The lowest BCUT2D eigenvalue weighted by atomic mass is 9.77. The Balaban J connectivity index is 2.46. The summed E-state index contributed by atoms with van der Waals surface area (Å²) < 4.78 is 0. The lowest BCUT2D eigenvalue weighted by Crippen LogP contribution is -2.19. The highest BCUT2D eigenvalue weighted by molar-refractivity contribution is 5.85. The molecule has 92 valence electrons. The maximum absolute atomic E-state index is 9.46. The molecule has 0 heterocycles. The van der Waals surface area contributed by atoms with Gasteiger partial charge in [-0.05, 0) is 35.6 Å². The Labute approximate surface area is 109 Å². The molecule has 0 N–H and O–H groups in total. The van der Waals surface area contributed by atoms with Gasteiger partial charge in [0.05, 0.1) is 11.5 Å². The van der Waals surface area contributed by atoms with Gasteiger partial charge in [-0.15, -0.1) is 0 Å². The maximum Gasteiger partial charge on any atom is 0.0693 e. The van der Waals surface area contributed by atoms with Crippen molar-refractivity contribution in [1.29, 1.82) is 5.26 Å². The first-order valence-electron chi connectivity index (χ1n) is 6.62. The molecule has 0 spiro atoms. The number of hydrogen-bond acceptors (Lipinski definition) is 1. The van der Waals surface area contributed by atoms with E-state index in [4.69, 9.17) is 0 Å². The van der Waals surface area contributed by atoms with E-state index in [1.54, 1.807) is 0 Å². The van der Waals surface area contributed by atoms with Crippen molar-refractivity contribution in [2.45, 2.75) is 33.1 Å². The number of fused-ring (bicyclic) bond motifs is 1. The van der Waals surface area contributed by atoms with Crippen LogP contribution in [0.25, 0.3) is 10.8 Å². The van der Waals surface area contributed by atoms with Crippen LogP contribution < -0.4 is 0 Å². The Morgan fingerprint density at radius 3 is 2.33 bits per heavy atom. The van der Waals surface area contributed by atoms with Crippen LogP contribution in [0, 0.1) is 16.7 Å². The molecule has 0 radical (unpaired) electrons. The van der Waals surface area contributed by atoms with Gasteiger partial charge >= 0.3 is 0 Å². The largest absolute Gasteiger partial charge is 0.198 e. The van der Waals surface area contributed by atoms with Crippen LogP contribution in [0.1, 0.15) is 32.3 Å². The van der Waals surface area contributed by atoms with Crippen molar-refractivity contribution in [2.24, 2.45) is 5.41 Å². The van der Waals surface area contributed by atoms with E-state index in [0.29, 0.717) is 0 Å². The summed E-state index contributed by atoms with van der Waals surface area (Å²) in [6.07, 6.45) is 2.66. The molecule has 0 saturated heterocycles. The summed E-state index contributed by atoms with van der Waals surface area (Å²) in [5, 5.41) is 12.0. The summed E-state index contributed by atoms with van der Waals surface area (Å²) in [6.45, 7) is 4.22. The van der Waals surface area contributed by atoms with Gasteiger partial charge < -0.3 is 0 Å². The molecule has 0 saturated carbocycles. The second-order valence-electron chi connectivity index (χ2n) is 4.91. The Kier molecular flexibility index (Phi) is 3.67. The summed E-state index contributed by atoms with van der Waals surface area (Å²) in [5.74, 6) is 0. The first-order chi connectivity index (χ1) is 8.74. The lowest BCUT2D eigenvalue weighted by Gasteiger charge is -2.24. The van der Waals surface area contributed by atoms with Crippen molar-refractivity contribution in [1.82, 2.24) is 0 Å². The molecule has 0 aliphatic carbocycles. The van der Waals surface area contributed by atoms with Crippen molar-refractivity contribution < 1.29 is 0 Å². The topological polar surface area (TPSA) is 23.8 Å². The van der Waals surface area contributed by atoms with Gasteiger partial charge in [-0.3, -0.25) is 0 Å². The fourth-order valence-corrected chi connectivity index (χ4v) is 2.51.